The number of benzene rings is 1. The van der Waals surface area contributed by atoms with Crippen molar-refractivity contribution in [1.29, 1.82) is 0 Å². The Kier molecular flexibility index (Phi) is 6.78. The number of thiophene rings is 1. The number of halogens is 3. The van der Waals surface area contributed by atoms with Crippen LogP contribution in [0, 0.1) is 5.92 Å². The van der Waals surface area contributed by atoms with Gasteiger partial charge in [-0.05, 0) is 54.8 Å². The van der Waals surface area contributed by atoms with E-state index in [-0.39, 0.29) is 5.91 Å². The van der Waals surface area contributed by atoms with E-state index in [2.05, 4.69) is 4.90 Å². The summed E-state index contributed by atoms with van der Waals surface area (Å²) in [6.07, 6.45) is -1.58. The lowest BCUT2D eigenvalue weighted by Gasteiger charge is -2.34. The van der Waals surface area contributed by atoms with Crippen molar-refractivity contribution in [2.24, 2.45) is 5.92 Å². The van der Waals surface area contributed by atoms with E-state index in [1.165, 1.54) is 23.5 Å². The van der Waals surface area contributed by atoms with E-state index in [9.17, 15) is 18.0 Å². The third-order valence-corrected chi connectivity index (χ3v) is 5.90. The molecule has 0 spiro atoms. The number of hydrogen-bond acceptors (Lipinski definition) is 3. The summed E-state index contributed by atoms with van der Waals surface area (Å²) in [7, 11) is 1.83. The molecule has 7 heteroatoms. The van der Waals surface area contributed by atoms with Gasteiger partial charge >= 0.3 is 6.18 Å². The number of piperidine rings is 1. The first kappa shape index (κ1) is 20.9. The molecule has 3 nitrogen and oxygen atoms in total. The van der Waals surface area contributed by atoms with Gasteiger partial charge in [-0.3, -0.25) is 4.79 Å². The van der Waals surface area contributed by atoms with Crippen molar-refractivity contribution in [1.82, 2.24) is 9.80 Å². The highest BCUT2D eigenvalue weighted by atomic mass is 32.1. The minimum atomic E-state index is -4.30. The molecule has 1 fully saturated rings. The number of hydrogen-bond donors (Lipinski definition) is 0. The van der Waals surface area contributed by atoms with Gasteiger partial charge in [-0.25, -0.2) is 0 Å². The van der Waals surface area contributed by atoms with E-state index < -0.39 is 11.7 Å². The number of nitrogens with zero attached hydrogens (tertiary/aromatic N) is 2. The standard InChI is InChI=1S/C21H25F3N2OS/c1-25(20(27)18-8-11-28-15-18)13-17-5-3-9-26(14-17)10-7-16-4-2-6-19(12-16)21(22,23)24/h2,4,6,8,11-12,15,17H,3,5,7,9-10,13-14H2,1H3. The Hall–Kier alpha value is -1.86. The highest BCUT2D eigenvalue weighted by Gasteiger charge is 2.30. The van der Waals surface area contributed by atoms with Crippen LogP contribution in [-0.2, 0) is 12.6 Å². The zero-order valence-electron chi connectivity index (χ0n) is 15.9. The smallest absolute Gasteiger partial charge is 0.341 e. The maximum atomic E-state index is 12.9. The van der Waals surface area contributed by atoms with Crippen molar-refractivity contribution in [2.45, 2.75) is 25.4 Å². The molecule has 1 aliphatic rings. The summed E-state index contributed by atoms with van der Waals surface area (Å²) >= 11 is 1.51. The van der Waals surface area contributed by atoms with Crippen LogP contribution < -0.4 is 0 Å². The lowest BCUT2D eigenvalue weighted by Crippen LogP contribution is -2.42. The monoisotopic (exact) mass is 410 g/mol. The number of rotatable bonds is 6. The highest BCUT2D eigenvalue weighted by Crippen LogP contribution is 2.29. The molecular formula is C21H25F3N2OS. The molecule has 2 aromatic rings. The Morgan fingerprint density at radius 1 is 1.32 bits per heavy atom. The molecule has 2 heterocycles. The van der Waals surface area contributed by atoms with Crippen molar-refractivity contribution < 1.29 is 18.0 Å². The Bertz CT molecular complexity index is 776. The van der Waals surface area contributed by atoms with Gasteiger partial charge in [0.2, 0.25) is 0 Å². The maximum absolute atomic E-state index is 12.9. The first-order valence-electron chi connectivity index (χ1n) is 9.49. The molecular weight excluding hydrogens is 385 g/mol. The van der Waals surface area contributed by atoms with E-state index in [0.717, 1.165) is 44.1 Å². The van der Waals surface area contributed by atoms with Gasteiger partial charge in [0.05, 0.1) is 11.1 Å². The number of likely N-dealkylation sites (tertiary alicyclic amines) is 1. The molecule has 0 N–H and O–H groups in total. The van der Waals surface area contributed by atoms with Crippen LogP contribution >= 0.6 is 11.3 Å². The van der Waals surface area contributed by atoms with Crippen LogP contribution in [0.5, 0.6) is 0 Å². The second kappa shape index (κ2) is 9.09. The maximum Gasteiger partial charge on any atom is 0.416 e. The predicted molar refractivity (Wildman–Crippen MR) is 106 cm³/mol. The molecule has 1 amide bonds. The summed E-state index contributed by atoms with van der Waals surface area (Å²) < 4.78 is 38.6. The summed E-state index contributed by atoms with van der Waals surface area (Å²) in [6, 6.07) is 7.42. The first-order valence-corrected chi connectivity index (χ1v) is 10.4. The second-order valence-corrected chi connectivity index (χ2v) is 8.23. The summed E-state index contributed by atoms with van der Waals surface area (Å²) in [5.41, 5.74) is 0.849. The summed E-state index contributed by atoms with van der Waals surface area (Å²) in [5.74, 6) is 0.435. The van der Waals surface area contributed by atoms with Gasteiger partial charge in [-0.15, -0.1) is 0 Å². The number of carbonyl (C=O) groups excluding carboxylic acids is 1. The fourth-order valence-electron chi connectivity index (χ4n) is 3.77. The lowest BCUT2D eigenvalue weighted by atomic mass is 9.96. The lowest BCUT2D eigenvalue weighted by molar-refractivity contribution is -0.137. The number of amides is 1. The molecule has 1 aromatic carbocycles. The highest BCUT2D eigenvalue weighted by molar-refractivity contribution is 7.08. The fraction of sp³-hybridized carbons (Fsp3) is 0.476. The summed E-state index contributed by atoms with van der Waals surface area (Å²) in [5, 5.41) is 3.76. The number of carbonyl (C=O) groups is 1. The SMILES string of the molecule is CN(CC1CCCN(CCc2cccc(C(F)(F)F)c2)C1)C(=O)c1ccsc1. The summed E-state index contributed by atoms with van der Waals surface area (Å²) in [6.45, 7) is 3.27. The third-order valence-electron chi connectivity index (χ3n) is 5.22. The largest absolute Gasteiger partial charge is 0.416 e. The van der Waals surface area contributed by atoms with Crippen LogP contribution in [0.15, 0.2) is 41.1 Å². The van der Waals surface area contributed by atoms with Gasteiger partial charge in [0, 0.05) is 32.1 Å². The van der Waals surface area contributed by atoms with Crippen LogP contribution in [0.4, 0.5) is 13.2 Å². The van der Waals surface area contributed by atoms with Crippen LogP contribution in [0.1, 0.15) is 34.3 Å². The molecule has 3 rings (SSSR count). The molecule has 1 saturated heterocycles. The number of alkyl halides is 3. The van der Waals surface area contributed by atoms with Gasteiger partial charge in [0.25, 0.3) is 5.91 Å². The van der Waals surface area contributed by atoms with E-state index in [1.54, 1.807) is 11.0 Å². The minimum absolute atomic E-state index is 0.0438. The van der Waals surface area contributed by atoms with Crippen molar-refractivity contribution in [3.63, 3.8) is 0 Å². The molecule has 0 bridgehead atoms. The minimum Gasteiger partial charge on any atom is -0.341 e. The topological polar surface area (TPSA) is 23.6 Å². The second-order valence-electron chi connectivity index (χ2n) is 7.45. The van der Waals surface area contributed by atoms with Crippen molar-refractivity contribution in [2.75, 3.05) is 33.2 Å². The molecule has 1 aromatic heterocycles. The predicted octanol–water partition coefficient (Wildman–Crippen LogP) is 4.79. The van der Waals surface area contributed by atoms with E-state index in [1.807, 2.05) is 23.9 Å². The molecule has 28 heavy (non-hydrogen) atoms. The first-order chi connectivity index (χ1) is 13.3. The quantitative estimate of drug-likeness (QED) is 0.683. The zero-order valence-corrected chi connectivity index (χ0v) is 16.7. The average Bonchev–Trinajstić information content (AvgIpc) is 3.20. The Balaban J connectivity index is 1.50. The Labute approximate surface area is 167 Å². The zero-order chi connectivity index (χ0) is 20.1. The Morgan fingerprint density at radius 2 is 2.14 bits per heavy atom. The molecule has 0 saturated carbocycles. The normalized spacial score (nSPS) is 18.2. The average molecular weight is 411 g/mol. The Morgan fingerprint density at radius 3 is 2.86 bits per heavy atom. The summed E-state index contributed by atoms with van der Waals surface area (Å²) in [4.78, 5) is 16.5. The van der Waals surface area contributed by atoms with E-state index >= 15 is 0 Å². The van der Waals surface area contributed by atoms with Gasteiger partial charge < -0.3 is 9.80 Å². The van der Waals surface area contributed by atoms with Crippen LogP contribution in [0.3, 0.4) is 0 Å². The van der Waals surface area contributed by atoms with Crippen molar-refractivity contribution in [3.8, 4) is 0 Å². The molecule has 1 unspecified atom stereocenters. The molecule has 1 atom stereocenters. The fourth-order valence-corrected chi connectivity index (χ4v) is 4.40. The molecule has 0 aliphatic carbocycles. The van der Waals surface area contributed by atoms with Gasteiger partial charge in [0.1, 0.15) is 0 Å². The molecule has 0 radical (unpaired) electrons. The van der Waals surface area contributed by atoms with Crippen LogP contribution in [0.2, 0.25) is 0 Å². The van der Waals surface area contributed by atoms with E-state index in [4.69, 9.17) is 0 Å². The van der Waals surface area contributed by atoms with Crippen molar-refractivity contribution in [3.05, 3.63) is 57.8 Å². The van der Waals surface area contributed by atoms with E-state index in [0.29, 0.717) is 24.4 Å². The van der Waals surface area contributed by atoms with Gasteiger partial charge in [-0.2, -0.15) is 24.5 Å². The molecule has 152 valence electrons. The van der Waals surface area contributed by atoms with Crippen molar-refractivity contribution >= 4 is 17.2 Å². The van der Waals surface area contributed by atoms with Gasteiger partial charge in [0.15, 0.2) is 0 Å². The van der Waals surface area contributed by atoms with Gasteiger partial charge in [-0.1, -0.05) is 18.2 Å². The molecule has 1 aliphatic heterocycles. The van der Waals surface area contributed by atoms with Crippen LogP contribution in [0.25, 0.3) is 0 Å². The third kappa shape index (κ3) is 5.58. The van der Waals surface area contributed by atoms with Crippen LogP contribution in [-0.4, -0.2) is 48.9 Å².